The van der Waals surface area contributed by atoms with Gasteiger partial charge in [-0.3, -0.25) is 14.5 Å². The molecule has 0 radical (unpaired) electrons. The predicted octanol–water partition coefficient (Wildman–Crippen LogP) is 5.86. The van der Waals surface area contributed by atoms with Crippen LogP contribution in [0.15, 0.2) is 112 Å². The van der Waals surface area contributed by atoms with Crippen molar-refractivity contribution in [1.82, 2.24) is 15.4 Å². The van der Waals surface area contributed by atoms with Crippen molar-refractivity contribution < 1.29 is 28.4 Å². The summed E-state index contributed by atoms with van der Waals surface area (Å²) in [6.07, 6.45) is 0. The highest BCUT2D eigenvalue weighted by molar-refractivity contribution is 8.00. The van der Waals surface area contributed by atoms with Gasteiger partial charge in [-0.25, -0.2) is 4.79 Å². The van der Waals surface area contributed by atoms with Gasteiger partial charge in [0, 0.05) is 39.0 Å². The number of methoxy groups -OCH3 is 1. The molecule has 1 aromatic heterocycles. The zero-order valence-electron chi connectivity index (χ0n) is 25.2. The summed E-state index contributed by atoms with van der Waals surface area (Å²) in [5.74, 6) is 0.0789. The lowest BCUT2D eigenvalue weighted by atomic mass is 9.98. The van der Waals surface area contributed by atoms with Crippen molar-refractivity contribution >= 4 is 46.9 Å². The van der Waals surface area contributed by atoms with Crippen LogP contribution < -0.4 is 10.1 Å². The van der Waals surface area contributed by atoms with Crippen LogP contribution in [-0.2, 0) is 25.7 Å². The molecule has 6 rings (SSSR count). The number of β-lactam (4-membered cyclic amide) rings is 1. The van der Waals surface area contributed by atoms with Crippen molar-refractivity contribution in [2.45, 2.75) is 29.8 Å². The number of carbonyl (C=O) groups excluding carboxylic acids is 3. The van der Waals surface area contributed by atoms with E-state index < -0.39 is 23.3 Å². The summed E-state index contributed by atoms with van der Waals surface area (Å²) < 4.78 is 16.8. The van der Waals surface area contributed by atoms with Crippen LogP contribution in [0.4, 0.5) is 0 Å². The van der Waals surface area contributed by atoms with Crippen molar-refractivity contribution in [3.8, 4) is 17.0 Å². The minimum Gasteiger partial charge on any atom is -0.496 e. The summed E-state index contributed by atoms with van der Waals surface area (Å²) in [6, 6.07) is 25.6. The molecule has 0 spiro atoms. The highest BCUT2D eigenvalue weighted by Gasteiger charge is 2.54. The van der Waals surface area contributed by atoms with E-state index in [1.807, 2.05) is 73.7 Å². The molecule has 0 bridgehead atoms. The van der Waals surface area contributed by atoms with Crippen LogP contribution in [0.1, 0.15) is 16.9 Å². The lowest BCUT2D eigenvalue weighted by Crippen LogP contribution is -2.70. The first-order valence-electron chi connectivity index (χ1n) is 14.5. The third kappa shape index (κ3) is 6.47. The van der Waals surface area contributed by atoms with Gasteiger partial charge < -0.3 is 19.3 Å². The summed E-state index contributed by atoms with van der Waals surface area (Å²) in [4.78, 5) is 42.5. The van der Waals surface area contributed by atoms with Gasteiger partial charge in [-0.05, 0) is 25.1 Å². The Labute approximate surface area is 275 Å². The third-order valence-electron chi connectivity index (χ3n) is 7.66. The lowest BCUT2D eigenvalue weighted by Gasteiger charge is -2.49. The first kappa shape index (κ1) is 31.3. The second kappa shape index (κ2) is 13.7. The SMILES string of the molecule is C=C(C1=C(C(=O)OCc2ccccc2OC)N2C(=O)[C@@H](NC(=O)CSc3ccccc3)[C@H]2SC1)c1cc(-c2ccc(C)cc2)no1. The maximum atomic E-state index is 13.8. The van der Waals surface area contributed by atoms with E-state index in [0.29, 0.717) is 39.7 Å². The Hall–Kier alpha value is -4.74. The van der Waals surface area contributed by atoms with Gasteiger partial charge >= 0.3 is 5.97 Å². The first-order valence-corrected chi connectivity index (χ1v) is 16.5. The van der Waals surface area contributed by atoms with Crippen LogP contribution in [0.25, 0.3) is 16.8 Å². The lowest BCUT2D eigenvalue weighted by molar-refractivity contribution is -0.153. The molecule has 3 heterocycles. The van der Waals surface area contributed by atoms with E-state index in [2.05, 4.69) is 17.1 Å². The number of benzene rings is 3. The number of nitrogens with one attached hydrogen (secondary N) is 1. The maximum absolute atomic E-state index is 13.8. The molecule has 0 saturated carbocycles. The number of aryl methyl sites for hydroxylation is 1. The number of allylic oxidation sites excluding steroid dienone is 1. The second-order valence-electron chi connectivity index (χ2n) is 10.7. The van der Waals surface area contributed by atoms with Crippen LogP contribution in [0, 0.1) is 6.92 Å². The summed E-state index contributed by atoms with van der Waals surface area (Å²) in [5, 5.41) is 6.59. The largest absolute Gasteiger partial charge is 0.496 e. The molecule has 2 atom stereocenters. The van der Waals surface area contributed by atoms with Crippen LogP contribution >= 0.6 is 23.5 Å². The van der Waals surface area contributed by atoms with Gasteiger partial charge in [-0.1, -0.05) is 78.0 Å². The average Bonchev–Trinajstić information content (AvgIpc) is 3.59. The van der Waals surface area contributed by atoms with Crippen LogP contribution in [0.5, 0.6) is 5.75 Å². The van der Waals surface area contributed by atoms with Gasteiger partial charge in [0.15, 0.2) is 5.76 Å². The Kier molecular flexibility index (Phi) is 9.32. The zero-order chi connectivity index (χ0) is 32.2. The van der Waals surface area contributed by atoms with E-state index in [1.54, 1.807) is 25.3 Å². The van der Waals surface area contributed by atoms with E-state index >= 15 is 0 Å². The monoisotopic (exact) mass is 653 g/mol. The molecule has 46 heavy (non-hydrogen) atoms. The maximum Gasteiger partial charge on any atom is 0.355 e. The smallest absolute Gasteiger partial charge is 0.355 e. The number of esters is 1. The van der Waals surface area contributed by atoms with E-state index in [4.69, 9.17) is 14.0 Å². The van der Waals surface area contributed by atoms with Crippen molar-refractivity contribution in [3.05, 3.63) is 120 Å². The number of amides is 2. The summed E-state index contributed by atoms with van der Waals surface area (Å²) >= 11 is 2.82. The van der Waals surface area contributed by atoms with Gasteiger partial charge in [-0.2, -0.15) is 0 Å². The fourth-order valence-corrected chi connectivity index (χ4v) is 7.29. The Bertz CT molecular complexity index is 1820. The predicted molar refractivity (Wildman–Crippen MR) is 178 cm³/mol. The van der Waals surface area contributed by atoms with Crippen LogP contribution in [0.3, 0.4) is 0 Å². The van der Waals surface area contributed by atoms with E-state index in [9.17, 15) is 14.4 Å². The number of para-hydroxylation sites is 1. The Balaban J connectivity index is 1.24. The molecular formula is C35H31N3O6S2. The molecule has 2 amide bonds. The molecule has 0 unspecified atom stereocenters. The Morgan fingerprint density at radius 1 is 1.09 bits per heavy atom. The number of rotatable bonds is 11. The molecule has 2 aliphatic rings. The number of fused-ring (bicyclic) bond motifs is 1. The second-order valence-corrected chi connectivity index (χ2v) is 12.8. The molecule has 4 aromatic rings. The zero-order valence-corrected chi connectivity index (χ0v) is 26.9. The molecule has 9 nitrogen and oxygen atoms in total. The third-order valence-corrected chi connectivity index (χ3v) is 9.95. The molecule has 2 aliphatic heterocycles. The molecule has 0 aliphatic carbocycles. The van der Waals surface area contributed by atoms with Gasteiger partial charge in [0.25, 0.3) is 5.91 Å². The van der Waals surface area contributed by atoms with Gasteiger partial charge in [0.1, 0.15) is 35.2 Å². The van der Waals surface area contributed by atoms with Gasteiger partial charge in [0.2, 0.25) is 5.91 Å². The number of hydrogen-bond donors (Lipinski definition) is 1. The number of ether oxygens (including phenoxy) is 2. The molecule has 1 fully saturated rings. The average molecular weight is 654 g/mol. The van der Waals surface area contributed by atoms with Crippen molar-refractivity contribution in [2.24, 2.45) is 0 Å². The standard InChI is InChI=1S/C35H31N3O6S2/c1-21-13-15-23(16-14-21)27-17-29(44-37-27)22(2)26-19-46-34-31(36-30(39)20-45-25-10-5-4-6-11-25)33(40)38(34)32(26)35(41)43-18-24-9-7-8-12-28(24)42-3/h4-17,31,34H,2,18-20H2,1,3H3,(H,36,39)/t31-,34-/m1/s1. The van der Waals surface area contributed by atoms with Gasteiger partial charge in [0.05, 0.1) is 12.9 Å². The van der Waals surface area contributed by atoms with E-state index in [0.717, 1.165) is 16.0 Å². The molecule has 1 saturated heterocycles. The topological polar surface area (TPSA) is 111 Å². The van der Waals surface area contributed by atoms with Crippen molar-refractivity contribution in [3.63, 3.8) is 0 Å². The van der Waals surface area contributed by atoms with Crippen LogP contribution in [0.2, 0.25) is 0 Å². The number of nitrogens with zero attached hydrogens (tertiary/aromatic N) is 2. The molecule has 11 heteroatoms. The van der Waals surface area contributed by atoms with E-state index in [1.165, 1.54) is 28.4 Å². The quantitative estimate of drug-likeness (QED) is 0.121. The molecular weight excluding hydrogens is 623 g/mol. The van der Waals surface area contributed by atoms with Crippen LogP contribution in [-0.4, -0.2) is 57.9 Å². The number of carbonyl (C=O) groups is 3. The fourth-order valence-electron chi connectivity index (χ4n) is 5.18. The number of hydrogen-bond acceptors (Lipinski definition) is 9. The number of thioether (sulfide) groups is 2. The van der Waals surface area contributed by atoms with Gasteiger partial charge in [-0.15, -0.1) is 23.5 Å². The normalized spacial score (nSPS) is 17.2. The summed E-state index contributed by atoms with van der Waals surface area (Å²) in [5.41, 5.74) is 4.28. The molecule has 1 N–H and O–H groups in total. The molecule has 3 aromatic carbocycles. The number of aromatic nitrogens is 1. The highest BCUT2D eigenvalue weighted by atomic mass is 32.2. The summed E-state index contributed by atoms with van der Waals surface area (Å²) in [7, 11) is 1.54. The highest BCUT2D eigenvalue weighted by Crippen LogP contribution is 2.44. The first-order chi connectivity index (χ1) is 22.3. The summed E-state index contributed by atoms with van der Waals surface area (Å²) in [6.45, 7) is 6.17. The minimum absolute atomic E-state index is 0.0668. The fraction of sp³-hybridized carbons (Fsp3) is 0.200. The minimum atomic E-state index is -0.779. The Morgan fingerprint density at radius 2 is 1.83 bits per heavy atom. The van der Waals surface area contributed by atoms with Crippen molar-refractivity contribution in [1.29, 1.82) is 0 Å². The van der Waals surface area contributed by atoms with E-state index in [-0.39, 0.29) is 24.0 Å². The molecule has 234 valence electrons. The Morgan fingerprint density at radius 3 is 2.59 bits per heavy atom. The van der Waals surface area contributed by atoms with Crippen molar-refractivity contribution in [2.75, 3.05) is 18.6 Å².